The lowest BCUT2D eigenvalue weighted by Crippen LogP contribution is -2.40. The minimum atomic E-state index is -3.84. The van der Waals surface area contributed by atoms with E-state index < -0.39 is 21.8 Å². The highest BCUT2D eigenvalue weighted by atomic mass is 35.5. The summed E-state index contributed by atoms with van der Waals surface area (Å²) in [6.45, 7) is -0.194. The first kappa shape index (κ1) is 20.1. The van der Waals surface area contributed by atoms with Gasteiger partial charge in [-0.2, -0.15) is 8.75 Å². The Kier molecular flexibility index (Phi) is 6.19. The van der Waals surface area contributed by atoms with Gasteiger partial charge in [-0.3, -0.25) is 9.59 Å². The summed E-state index contributed by atoms with van der Waals surface area (Å²) in [6.07, 6.45) is 0. The smallest absolute Gasteiger partial charge is 0.313 e. The highest BCUT2D eigenvalue weighted by molar-refractivity contribution is 7.89. The average molecular weight is 440 g/mol. The van der Waals surface area contributed by atoms with Crippen LogP contribution in [0.4, 0.5) is 5.69 Å². The Balaban J connectivity index is 1.52. The number of amides is 2. The minimum Gasteiger partial charge on any atom is -0.347 e. The first-order valence-corrected chi connectivity index (χ1v) is 10.5. The van der Waals surface area contributed by atoms with Crippen LogP contribution in [0.3, 0.4) is 0 Å². The summed E-state index contributed by atoms with van der Waals surface area (Å²) in [7, 11) is -3.84. The zero-order valence-corrected chi connectivity index (χ0v) is 16.6. The van der Waals surface area contributed by atoms with Crippen molar-refractivity contribution in [1.82, 2.24) is 18.8 Å². The Hall–Kier alpha value is -2.60. The van der Waals surface area contributed by atoms with Gasteiger partial charge in [-0.05, 0) is 24.3 Å². The van der Waals surface area contributed by atoms with E-state index in [1.54, 1.807) is 36.4 Å². The topological polar surface area (TPSA) is 130 Å². The van der Waals surface area contributed by atoms with Gasteiger partial charge in [-0.1, -0.05) is 29.8 Å². The Morgan fingerprint density at radius 2 is 1.79 bits per heavy atom. The molecule has 0 saturated heterocycles. The van der Waals surface area contributed by atoms with Gasteiger partial charge in [0, 0.05) is 13.1 Å². The lowest BCUT2D eigenvalue weighted by Gasteiger charge is -2.09. The zero-order chi connectivity index (χ0) is 20.1. The second kappa shape index (κ2) is 8.61. The third-order valence-corrected chi connectivity index (χ3v) is 5.93. The molecule has 0 bridgehead atoms. The van der Waals surface area contributed by atoms with Crippen LogP contribution in [-0.2, 0) is 19.6 Å². The van der Waals surface area contributed by atoms with E-state index in [1.165, 1.54) is 6.07 Å². The lowest BCUT2D eigenvalue weighted by molar-refractivity contribution is -0.136. The second-order valence-electron chi connectivity index (χ2n) is 5.48. The molecule has 0 radical (unpaired) electrons. The fraction of sp³-hybridized carbons (Fsp3) is 0.125. The number of benzene rings is 2. The molecule has 0 fully saturated rings. The molecule has 1 aromatic heterocycles. The Labute approximate surface area is 169 Å². The van der Waals surface area contributed by atoms with Gasteiger partial charge in [0.15, 0.2) is 0 Å². The molecule has 0 aliphatic rings. The van der Waals surface area contributed by atoms with Crippen LogP contribution in [0.1, 0.15) is 0 Å². The van der Waals surface area contributed by atoms with E-state index in [1.807, 2.05) is 0 Å². The van der Waals surface area contributed by atoms with Crippen molar-refractivity contribution in [3.8, 4) is 0 Å². The fourth-order valence-electron chi connectivity index (χ4n) is 2.26. The van der Waals surface area contributed by atoms with Gasteiger partial charge < -0.3 is 10.6 Å². The molecule has 0 spiro atoms. The molecular weight excluding hydrogens is 426 g/mol. The highest BCUT2D eigenvalue weighted by Gasteiger charge is 2.19. The lowest BCUT2D eigenvalue weighted by atomic mass is 10.3. The Morgan fingerprint density at radius 1 is 1.00 bits per heavy atom. The van der Waals surface area contributed by atoms with Crippen LogP contribution in [-0.4, -0.2) is 42.1 Å². The molecule has 28 heavy (non-hydrogen) atoms. The van der Waals surface area contributed by atoms with E-state index in [4.69, 9.17) is 11.6 Å². The van der Waals surface area contributed by atoms with Crippen LogP contribution in [0.25, 0.3) is 11.0 Å². The number of sulfonamides is 1. The van der Waals surface area contributed by atoms with Gasteiger partial charge in [0.25, 0.3) is 0 Å². The molecule has 2 aromatic carbocycles. The third-order valence-electron chi connectivity index (χ3n) is 3.57. The number of rotatable bonds is 6. The molecule has 0 unspecified atom stereocenters. The van der Waals surface area contributed by atoms with Crippen molar-refractivity contribution in [2.45, 2.75) is 4.90 Å². The summed E-state index contributed by atoms with van der Waals surface area (Å²) in [5.41, 5.74) is 1.07. The fourth-order valence-corrected chi connectivity index (χ4v) is 4.24. The molecule has 0 saturated carbocycles. The number of para-hydroxylation sites is 1. The minimum absolute atomic E-state index is 0.00143. The maximum Gasteiger partial charge on any atom is 0.313 e. The van der Waals surface area contributed by atoms with E-state index in [9.17, 15) is 18.0 Å². The SMILES string of the molecule is O=C(NCCNS(=O)(=O)c1cccc2nsnc12)C(=O)Nc1ccccc1Cl. The van der Waals surface area contributed by atoms with E-state index in [-0.39, 0.29) is 23.5 Å². The monoisotopic (exact) mass is 439 g/mol. The summed E-state index contributed by atoms with van der Waals surface area (Å²) in [6, 6.07) is 11.1. The average Bonchev–Trinajstić information content (AvgIpc) is 3.15. The van der Waals surface area contributed by atoms with Gasteiger partial charge in [0.1, 0.15) is 15.9 Å². The molecule has 9 nitrogen and oxygen atoms in total. The highest BCUT2D eigenvalue weighted by Crippen LogP contribution is 2.21. The quantitative estimate of drug-likeness (QED) is 0.393. The third kappa shape index (κ3) is 4.62. The second-order valence-corrected chi connectivity index (χ2v) is 8.15. The van der Waals surface area contributed by atoms with Crippen LogP contribution >= 0.6 is 23.3 Å². The van der Waals surface area contributed by atoms with Crippen molar-refractivity contribution in [2.24, 2.45) is 0 Å². The summed E-state index contributed by atoms with van der Waals surface area (Å²) in [5, 5.41) is 5.00. The number of fused-ring (bicyclic) bond motifs is 1. The van der Waals surface area contributed by atoms with Gasteiger partial charge in [0.2, 0.25) is 10.0 Å². The first-order chi connectivity index (χ1) is 13.4. The number of aromatic nitrogens is 2. The molecule has 3 rings (SSSR count). The van der Waals surface area contributed by atoms with Crippen LogP contribution < -0.4 is 15.4 Å². The zero-order valence-electron chi connectivity index (χ0n) is 14.2. The summed E-state index contributed by atoms with van der Waals surface area (Å²) in [5.74, 6) is -1.82. The normalized spacial score (nSPS) is 11.3. The van der Waals surface area contributed by atoms with Crippen molar-refractivity contribution < 1.29 is 18.0 Å². The van der Waals surface area contributed by atoms with Crippen LogP contribution in [0.5, 0.6) is 0 Å². The number of hydrogen-bond donors (Lipinski definition) is 3. The Morgan fingerprint density at radius 3 is 2.57 bits per heavy atom. The molecule has 3 N–H and O–H groups in total. The summed E-state index contributed by atoms with van der Waals surface area (Å²) in [4.78, 5) is 23.7. The molecule has 0 atom stereocenters. The van der Waals surface area contributed by atoms with E-state index in [2.05, 4.69) is 24.1 Å². The van der Waals surface area contributed by atoms with Gasteiger partial charge in [-0.25, -0.2) is 13.1 Å². The van der Waals surface area contributed by atoms with Gasteiger partial charge in [-0.15, -0.1) is 0 Å². The van der Waals surface area contributed by atoms with Crippen molar-refractivity contribution in [3.63, 3.8) is 0 Å². The van der Waals surface area contributed by atoms with Crippen molar-refractivity contribution in [3.05, 3.63) is 47.5 Å². The van der Waals surface area contributed by atoms with Crippen molar-refractivity contribution >= 4 is 61.9 Å². The summed E-state index contributed by atoms with van der Waals surface area (Å²) < 4.78 is 35.2. The van der Waals surface area contributed by atoms with Crippen molar-refractivity contribution in [2.75, 3.05) is 18.4 Å². The number of anilines is 1. The predicted molar refractivity (Wildman–Crippen MR) is 106 cm³/mol. The molecule has 146 valence electrons. The van der Waals surface area contributed by atoms with E-state index >= 15 is 0 Å². The number of hydrogen-bond acceptors (Lipinski definition) is 7. The first-order valence-electron chi connectivity index (χ1n) is 7.93. The molecule has 12 heteroatoms. The standard InChI is InChI=1S/C16H14ClN5O4S2/c17-10-4-1-2-5-11(10)20-16(24)15(23)18-8-9-19-28(25,26)13-7-3-6-12-14(13)22-27-21-12/h1-7,19H,8-9H2,(H,18,23)(H,20,24). The van der Waals surface area contributed by atoms with Gasteiger partial charge >= 0.3 is 11.8 Å². The van der Waals surface area contributed by atoms with E-state index in [0.29, 0.717) is 16.2 Å². The van der Waals surface area contributed by atoms with Crippen LogP contribution in [0.15, 0.2) is 47.4 Å². The maximum atomic E-state index is 12.4. The van der Waals surface area contributed by atoms with Crippen LogP contribution in [0, 0.1) is 0 Å². The number of halogens is 1. The number of carbonyl (C=O) groups excluding carboxylic acids is 2. The van der Waals surface area contributed by atoms with Gasteiger partial charge in [0.05, 0.1) is 22.4 Å². The molecule has 0 aliphatic heterocycles. The molecule has 0 aliphatic carbocycles. The molecule has 3 aromatic rings. The summed E-state index contributed by atoms with van der Waals surface area (Å²) >= 11 is 6.83. The molecule has 1 heterocycles. The largest absolute Gasteiger partial charge is 0.347 e. The number of nitrogens with zero attached hydrogens (tertiary/aromatic N) is 2. The molecular formula is C16H14ClN5O4S2. The van der Waals surface area contributed by atoms with E-state index in [0.717, 1.165) is 11.7 Å². The molecule has 2 amide bonds. The Bertz CT molecular complexity index is 1130. The predicted octanol–water partition coefficient (Wildman–Crippen LogP) is 1.38. The number of carbonyl (C=O) groups is 2. The van der Waals surface area contributed by atoms with Crippen molar-refractivity contribution in [1.29, 1.82) is 0 Å². The maximum absolute atomic E-state index is 12.4. The number of nitrogens with one attached hydrogen (secondary N) is 3. The van der Waals surface area contributed by atoms with Crippen LogP contribution in [0.2, 0.25) is 5.02 Å².